The molecule has 1 atom stereocenters. The highest BCUT2D eigenvalue weighted by Crippen LogP contribution is 2.36. The fourth-order valence-electron chi connectivity index (χ4n) is 3.71. The zero-order valence-electron chi connectivity index (χ0n) is 14.9. The summed E-state index contributed by atoms with van der Waals surface area (Å²) in [5.74, 6) is 1.62. The number of nitrogens with one attached hydrogen (secondary N) is 1. The first-order valence-corrected chi connectivity index (χ1v) is 10.7. The van der Waals surface area contributed by atoms with Crippen molar-refractivity contribution in [1.82, 2.24) is 9.97 Å². The fraction of sp³-hybridized carbons (Fsp3) is 0.556. The van der Waals surface area contributed by atoms with Crippen LogP contribution in [0.5, 0.6) is 5.75 Å². The van der Waals surface area contributed by atoms with Gasteiger partial charge in [0.25, 0.3) is 0 Å². The molecule has 0 unspecified atom stereocenters. The molecule has 2 aliphatic rings. The lowest BCUT2D eigenvalue weighted by molar-refractivity contribution is 0.0387. The van der Waals surface area contributed by atoms with Gasteiger partial charge >= 0.3 is 0 Å². The van der Waals surface area contributed by atoms with E-state index in [0.29, 0.717) is 31.7 Å². The minimum atomic E-state index is -2.68. The number of rotatable bonds is 5. The Morgan fingerprint density at radius 1 is 1.35 bits per heavy atom. The lowest BCUT2D eigenvalue weighted by atomic mass is 9.93. The summed E-state index contributed by atoms with van der Waals surface area (Å²) in [5.41, 5.74) is -0.248. The Labute approximate surface area is 153 Å². The molecule has 2 N–H and O–H groups in total. The Hall–Kier alpha value is -1.93. The van der Waals surface area contributed by atoms with Crippen LogP contribution in [-0.4, -0.2) is 56.1 Å². The van der Waals surface area contributed by atoms with Crippen LogP contribution in [0.2, 0.25) is 0 Å². The highest BCUT2D eigenvalue weighted by molar-refractivity contribution is 7.93. The summed E-state index contributed by atoms with van der Waals surface area (Å²) in [6.45, 7) is 1.22. The van der Waals surface area contributed by atoms with E-state index in [1.807, 2.05) is 18.2 Å². The highest BCUT2D eigenvalue weighted by Gasteiger charge is 2.41. The van der Waals surface area contributed by atoms with Gasteiger partial charge in [0.05, 0.1) is 18.5 Å². The molecule has 0 spiro atoms. The van der Waals surface area contributed by atoms with Crippen molar-refractivity contribution in [2.45, 2.75) is 36.5 Å². The molecule has 1 aliphatic heterocycles. The second-order valence-corrected chi connectivity index (χ2v) is 9.74. The van der Waals surface area contributed by atoms with Gasteiger partial charge in [0.2, 0.25) is 0 Å². The smallest absolute Gasteiger partial charge is 0.145 e. The van der Waals surface area contributed by atoms with E-state index in [4.69, 9.17) is 9.52 Å². The molecule has 1 aliphatic carbocycles. The Balaban J connectivity index is 1.54. The molecule has 140 valence electrons. The summed E-state index contributed by atoms with van der Waals surface area (Å²) in [5, 5.41) is 11.8. The maximum absolute atomic E-state index is 12.5. The van der Waals surface area contributed by atoms with E-state index >= 15 is 0 Å². The fourth-order valence-corrected chi connectivity index (χ4v) is 5.93. The number of aromatic nitrogens is 2. The van der Waals surface area contributed by atoms with Gasteiger partial charge in [-0.15, -0.1) is 0 Å². The van der Waals surface area contributed by atoms with Crippen LogP contribution in [0, 0.1) is 4.78 Å². The van der Waals surface area contributed by atoms with Crippen LogP contribution in [-0.2, 0) is 9.73 Å². The topological polar surface area (TPSA) is 99.4 Å². The van der Waals surface area contributed by atoms with E-state index in [1.165, 1.54) is 6.33 Å². The van der Waals surface area contributed by atoms with E-state index in [-0.39, 0.29) is 11.0 Å². The van der Waals surface area contributed by atoms with Crippen molar-refractivity contribution < 1.29 is 14.1 Å². The van der Waals surface area contributed by atoms with E-state index in [1.54, 1.807) is 7.11 Å². The number of ether oxygens (including phenoxy) is 1. The molecule has 26 heavy (non-hydrogen) atoms. The quantitative estimate of drug-likeness (QED) is 0.830. The molecular formula is C18H24N4O3S. The number of hydrogen-bond acceptors (Lipinski definition) is 7. The standard InChI is InChI=1S/C18H24N4O3S/c1-25-15-4-2-3-14-16(15)20-12-21-17(14)22-9-7-18(23,8-10-22)11-26(19,24)13-5-6-13/h2-4,12-13,19,23H,5-11H2,1H3/t26-/m0/s1. The molecule has 0 amide bonds. The van der Waals surface area contributed by atoms with Gasteiger partial charge < -0.3 is 14.7 Å². The molecule has 0 radical (unpaired) electrons. The zero-order chi connectivity index (χ0) is 18.4. The van der Waals surface area contributed by atoms with Crippen molar-refractivity contribution in [1.29, 1.82) is 4.78 Å². The number of fused-ring (bicyclic) bond motifs is 1. The summed E-state index contributed by atoms with van der Waals surface area (Å²) < 4.78 is 26.0. The van der Waals surface area contributed by atoms with Gasteiger partial charge in [0, 0.05) is 33.5 Å². The first kappa shape index (κ1) is 17.5. The molecule has 2 fully saturated rings. The van der Waals surface area contributed by atoms with E-state index in [0.717, 1.165) is 29.6 Å². The van der Waals surface area contributed by atoms with E-state index < -0.39 is 15.3 Å². The van der Waals surface area contributed by atoms with Gasteiger partial charge in [0.15, 0.2) is 0 Å². The Morgan fingerprint density at radius 3 is 2.73 bits per heavy atom. The molecule has 2 aromatic rings. The first-order valence-electron chi connectivity index (χ1n) is 8.92. The van der Waals surface area contributed by atoms with E-state index in [9.17, 15) is 9.32 Å². The molecule has 0 bridgehead atoms. The molecule has 1 saturated carbocycles. The van der Waals surface area contributed by atoms with Crippen molar-refractivity contribution in [3.63, 3.8) is 0 Å². The molecule has 1 saturated heterocycles. The van der Waals surface area contributed by atoms with Crippen LogP contribution in [0.3, 0.4) is 0 Å². The normalized spacial score (nSPS) is 22.2. The van der Waals surface area contributed by atoms with Gasteiger partial charge in [-0.25, -0.2) is 14.2 Å². The monoisotopic (exact) mass is 376 g/mol. The molecule has 8 heteroatoms. The van der Waals surface area contributed by atoms with E-state index in [2.05, 4.69) is 14.9 Å². The molecule has 1 aromatic heterocycles. The maximum Gasteiger partial charge on any atom is 0.145 e. The summed E-state index contributed by atoms with van der Waals surface area (Å²) in [7, 11) is -1.06. The summed E-state index contributed by atoms with van der Waals surface area (Å²) in [6, 6.07) is 5.76. The van der Waals surface area contributed by atoms with Crippen molar-refractivity contribution >= 4 is 26.4 Å². The second kappa shape index (κ2) is 6.35. The molecule has 2 heterocycles. The summed E-state index contributed by atoms with van der Waals surface area (Å²) in [6.07, 6.45) is 4.24. The third kappa shape index (κ3) is 3.23. The third-order valence-electron chi connectivity index (χ3n) is 5.37. The van der Waals surface area contributed by atoms with Crippen molar-refractivity contribution in [2.75, 3.05) is 30.9 Å². The summed E-state index contributed by atoms with van der Waals surface area (Å²) >= 11 is 0. The minimum absolute atomic E-state index is 0.0113. The number of nitrogens with zero attached hydrogens (tertiary/aromatic N) is 3. The van der Waals surface area contributed by atoms with Crippen molar-refractivity contribution in [3.8, 4) is 5.75 Å². The highest BCUT2D eigenvalue weighted by atomic mass is 32.2. The van der Waals surface area contributed by atoms with Gasteiger partial charge in [-0.2, -0.15) is 0 Å². The second-order valence-electron chi connectivity index (χ2n) is 7.34. The first-order chi connectivity index (χ1) is 12.4. The Morgan fingerprint density at radius 2 is 2.08 bits per heavy atom. The largest absolute Gasteiger partial charge is 0.494 e. The number of para-hydroxylation sites is 1. The lowest BCUT2D eigenvalue weighted by Crippen LogP contribution is -2.48. The number of hydrogen-bond donors (Lipinski definition) is 2. The number of benzene rings is 1. The van der Waals surface area contributed by atoms with Gasteiger partial charge in [-0.05, 0) is 37.8 Å². The molecular weight excluding hydrogens is 352 g/mol. The number of piperidine rings is 1. The number of methoxy groups -OCH3 is 1. The van der Waals surface area contributed by atoms with Crippen LogP contribution in [0.25, 0.3) is 10.9 Å². The Bertz CT molecular complexity index is 919. The van der Waals surface area contributed by atoms with Crippen LogP contribution < -0.4 is 9.64 Å². The predicted octanol–water partition coefficient (Wildman–Crippen LogP) is 2.18. The average molecular weight is 376 g/mol. The Kier molecular flexibility index (Phi) is 4.27. The minimum Gasteiger partial charge on any atom is -0.494 e. The predicted molar refractivity (Wildman–Crippen MR) is 101 cm³/mol. The van der Waals surface area contributed by atoms with Crippen molar-refractivity contribution in [2.24, 2.45) is 0 Å². The van der Waals surface area contributed by atoms with Crippen molar-refractivity contribution in [3.05, 3.63) is 24.5 Å². The molecule has 4 rings (SSSR count). The molecule has 7 nitrogen and oxygen atoms in total. The number of anilines is 1. The lowest BCUT2D eigenvalue weighted by Gasteiger charge is -2.39. The SMILES string of the molecule is COc1cccc2c(N3CCC(O)(C[S@](=N)(=O)C4CC4)CC3)ncnc12. The van der Waals surface area contributed by atoms with Crippen LogP contribution in [0.4, 0.5) is 5.82 Å². The third-order valence-corrected chi connectivity index (χ3v) is 7.88. The zero-order valence-corrected chi connectivity index (χ0v) is 15.7. The molecule has 1 aromatic carbocycles. The number of aliphatic hydroxyl groups is 1. The van der Waals surface area contributed by atoms with Crippen LogP contribution in [0.1, 0.15) is 25.7 Å². The summed E-state index contributed by atoms with van der Waals surface area (Å²) in [4.78, 5) is 10.9. The van der Waals surface area contributed by atoms with Gasteiger partial charge in [0.1, 0.15) is 23.4 Å². The van der Waals surface area contributed by atoms with Gasteiger partial charge in [-0.3, -0.25) is 4.78 Å². The van der Waals surface area contributed by atoms with Gasteiger partial charge in [-0.1, -0.05) is 6.07 Å². The maximum atomic E-state index is 12.5. The average Bonchev–Trinajstić information content (AvgIpc) is 3.46. The van der Waals surface area contributed by atoms with Crippen LogP contribution >= 0.6 is 0 Å². The van der Waals surface area contributed by atoms with Crippen LogP contribution in [0.15, 0.2) is 24.5 Å².